The van der Waals surface area contributed by atoms with Gasteiger partial charge < -0.3 is 0 Å². The van der Waals surface area contributed by atoms with Gasteiger partial charge in [0.05, 0.1) is 5.75 Å². The largest absolute Gasteiger partial charge is 0.223 e. The van der Waals surface area contributed by atoms with Crippen LogP contribution < -0.4 is 0 Å². The fourth-order valence-electron chi connectivity index (χ4n) is 0.822. The fraction of sp³-hybridized carbons (Fsp3) is 1.00. The summed E-state index contributed by atoms with van der Waals surface area (Å²) in [5.74, 6) is 0.327. The first-order chi connectivity index (χ1) is 4.17. The standard InChI is InChI=1S/C4H9NO2S2/c1-8-5-3-2-4-9(5,6)7/h2-4H2,1H3. The number of hydrogen-bond acceptors (Lipinski definition) is 3. The average molecular weight is 167 g/mol. The van der Waals surface area contributed by atoms with E-state index in [1.807, 2.05) is 0 Å². The van der Waals surface area contributed by atoms with Gasteiger partial charge in [0.1, 0.15) is 0 Å². The second-order valence-corrected chi connectivity index (χ2v) is 4.93. The highest BCUT2D eigenvalue weighted by Crippen LogP contribution is 2.20. The number of sulfonamides is 1. The molecule has 9 heavy (non-hydrogen) atoms. The molecule has 1 aliphatic rings. The quantitative estimate of drug-likeness (QED) is 0.527. The molecule has 0 aromatic rings. The van der Waals surface area contributed by atoms with Gasteiger partial charge in [-0.3, -0.25) is 0 Å². The summed E-state index contributed by atoms with van der Waals surface area (Å²) in [5.41, 5.74) is 0. The van der Waals surface area contributed by atoms with Crippen LogP contribution in [0.25, 0.3) is 0 Å². The molecule has 0 atom stereocenters. The van der Waals surface area contributed by atoms with Crippen LogP contribution in [-0.4, -0.2) is 30.7 Å². The summed E-state index contributed by atoms with van der Waals surface area (Å²) in [5, 5.41) is 0. The molecule has 0 radical (unpaired) electrons. The van der Waals surface area contributed by atoms with Crippen molar-refractivity contribution >= 4 is 22.0 Å². The van der Waals surface area contributed by atoms with Gasteiger partial charge in [0.15, 0.2) is 0 Å². The van der Waals surface area contributed by atoms with Crippen molar-refractivity contribution in [2.75, 3.05) is 18.6 Å². The molecule has 0 spiro atoms. The molecule has 1 aliphatic heterocycles. The molecule has 0 aromatic carbocycles. The molecule has 0 aromatic heterocycles. The van der Waals surface area contributed by atoms with Crippen LogP contribution in [-0.2, 0) is 10.0 Å². The summed E-state index contributed by atoms with van der Waals surface area (Å²) in [6.07, 6.45) is 2.56. The Morgan fingerprint density at radius 1 is 1.56 bits per heavy atom. The topological polar surface area (TPSA) is 37.4 Å². The van der Waals surface area contributed by atoms with Gasteiger partial charge in [-0.05, 0) is 12.7 Å². The maximum atomic E-state index is 10.9. The van der Waals surface area contributed by atoms with E-state index in [4.69, 9.17) is 0 Å². The van der Waals surface area contributed by atoms with Crippen LogP contribution >= 0.6 is 11.9 Å². The minimum atomic E-state index is -2.84. The maximum Gasteiger partial charge on any atom is 0.223 e. The molecule has 0 aliphatic carbocycles. The van der Waals surface area contributed by atoms with Crippen molar-refractivity contribution in [2.45, 2.75) is 6.42 Å². The van der Waals surface area contributed by atoms with Crippen LogP contribution in [0.3, 0.4) is 0 Å². The molecule has 1 heterocycles. The monoisotopic (exact) mass is 167 g/mol. The predicted octanol–water partition coefficient (Wildman–Crippen LogP) is 0.300. The lowest BCUT2D eigenvalue weighted by molar-refractivity contribution is 0.569. The summed E-state index contributed by atoms with van der Waals surface area (Å²) < 4.78 is 23.2. The third-order valence-corrected chi connectivity index (χ3v) is 4.58. The molecule has 0 unspecified atom stereocenters. The lowest BCUT2D eigenvalue weighted by atomic mass is 10.5. The van der Waals surface area contributed by atoms with E-state index in [1.54, 1.807) is 6.26 Å². The van der Waals surface area contributed by atoms with E-state index in [1.165, 1.54) is 15.7 Å². The Labute approximate surface area is 59.6 Å². The van der Waals surface area contributed by atoms with Gasteiger partial charge in [-0.2, -0.15) is 0 Å². The van der Waals surface area contributed by atoms with E-state index in [-0.39, 0.29) is 0 Å². The van der Waals surface area contributed by atoms with Gasteiger partial charge in [0.25, 0.3) is 0 Å². The normalized spacial score (nSPS) is 26.8. The highest BCUT2D eigenvalue weighted by molar-refractivity contribution is 8.08. The Kier molecular flexibility index (Phi) is 2.03. The smallest absolute Gasteiger partial charge is 0.211 e. The van der Waals surface area contributed by atoms with Gasteiger partial charge in [0, 0.05) is 6.54 Å². The molecule has 0 amide bonds. The molecular weight excluding hydrogens is 158 g/mol. The zero-order chi connectivity index (χ0) is 6.91. The van der Waals surface area contributed by atoms with Crippen molar-refractivity contribution in [3.05, 3.63) is 0 Å². The van der Waals surface area contributed by atoms with Crippen molar-refractivity contribution in [3.8, 4) is 0 Å². The molecule has 0 saturated carbocycles. The summed E-state index contributed by atoms with van der Waals surface area (Å²) in [7, 11) is -2.84. The fourth-order valence-corrected chi connectivity index (χ4v) is 3.37. The average Bonchev–Trinajstić information content (AvgIpc) is 2.08. The van der Waals surface area contributed by atoms with Crippen LogP contribution in [0.15, 0.2) is 0 Å². The Hall–Kier alpha value is 0.260. The third kappa shape index (κ3) is 1.39. The number of rotatable bonds is 1. The first-order valence-electron chi connectivity index (χ1n) is 2.71. The minimum absolute atomic E-state index is 0.327. The number of nitrogens with zero attached hydrogens (tertiary/aromatic N) is 1. The zero-order valence-corrected chi connectivity index (χ0v) is 6.83. The van der Waals surface area contributed by atoms with E-state index in [9.17, 15) is 8.42 Å². The Morgan fingerprint density at radius 3 is 2.44 bits per heavy atom. The molecular formula is C4H9NO2S2. The van der Waals surface area contributed by atoms with Gasteiger partial charge in [-0.1, -0.05) is 11.9 Å². The Bertz CT molecular complexity index is 187. The molecule has 54 valence electrons. The van der Waals surface area contributed by atoms with Gasteiger partial charge >= 0.3 is 0 Å². The molecule has 3 nitrogen and oxygen atoms in total. The molecule has 1 saturated heterocycles. The highest BCUT2D eigenvalue weighted by atomic mass is 32.3. The minimum Gasteiger partial charge on any atom is -0.211 e. The van der Waals surface area contributed by atoms with Crippen molar-refractivity contribution in [3.63, 3.8) is 0 Å². The second kappa shape index (κ2) is 2.48. The van der Waals surface area contributed by atoms with E-state index in [0.717, 1.165) is 6.42 Å². The van der Waals surface area contributed by atoms with Crippen molar-refractivity contribution < 1.29 is 8.42 Å². The van der Waals surface area contributed by atoms with E-state index in [0.29, 0.717) is 12.3 Å². The van der Waals surface area contributed by atoms with E-state index in [2.05, 4.69) is 0 Å². The molecule has 5 heteroatoms. The van der Waals surface area contributed by atoms with Crippen LogP contribution in [0.1, 0.15) is 6.42 Å². The molecule has 1 fully saturated rings. The summed E-state index contributed by atoms with van der Waals surface area (Å²) in [6, 6.07) is 0. The first kappa shape index (κ1) is 7.37. The lowest BCUT2D eigenvalue weighted by Crippen LogP contribution is -2.17. The van der Waals surface area contributed by atoms with Gasteiger partial charge in [0.2, 0.25) is 10.0 Å². The predicted molar refractivity (Wildman–Crippen MR) is 38.6 cm³/mol. The summed E-state index contributed by atoms with van der Waals surface area (Å²) >= 11 is 1.28. The van der Waals surface area contributed by atoms with Crippen LogP contribution in [0.4, 0.5) is 0 Å². The Balaban J connectivity index is 2.75. The van der Waals surface area contributed by atoms with Crippen LogP contribution in [0.2, 0.25) is 0 Å². The van der Waals surface area contributed by atoms with Crippen molar-refractivity contribution in [2.24, 2.45) is 0 Å². The summed E-state index contributed by atoms with van der Waals surface area (Å²) in [4.78, 5) is 0. The van der Waals surface area contributed by atoms with Crippen LogP contribution in [0.5, 0.6) is 0 Å². The Morgan fingerprint density at radius 2 is 2.22 bits per heavy atom. The summed E-state index contributed by atoms with van der Waals surface area (Å²) in [6.45, 7) is 0.684. The number of hydrogen-bond donors (Lipinski definition) is 0. The molecule has 0 bridgehead atoms. The van der Waals surface area contributed by atoms with Crippen LogP contribution in [0, 0.1) is 0 Å². The first-order valence-corrected chi connectivity index (χ1v) is 5.50. The van der Waals surface area contributed by atoms with Crippen molar-refractivity contribution in [1.82, 2.24) is 3.71 Å². The van der Waals surface area contributed by atoms with Crippen molar-refractivity contribution in [1.29, 1.82) is 0 Å². The zero-order valence-electron chi connectivity index (χ0n) is 5.20. The van der Waals surface area contributed by atoms with E-state index >= 15 is 0 Å². The highest BCUT2D eigenvalue weighted by Gasteiger charge is 2.26. The lowest BCUT2D eigenvalue weighted by Gasteiger charge is -2.07. The van der Waals surface area contributed by atoms with Gasteiger partial charge in [-0.15, -0.1) is 3.71 Å². The van der Waals surface area contributed by atoms with Gasteiger partial charge in [-0.25, -0.2) is 8.42 Å². The molecule has 0 N–H and O–H groups in total. The second-order valence-electron chi connectivity index (χ2n) is 1.88. The molecule has 1 rings (SSSR count). The van der Waals surface area contributed by atoms with E-state index < -0.39 is 10.0 Å². The SMILES string of the molecule is CSN1CCCS1(=O)=O. The maximum absolute atomic E-state index is 10.9. The third-order valence-electron chi connectivity index (χ3n) is 1.26.